The Morgan fingerprint density at radius 3 is 2.11 bits per heavy atom. The van der Waals surface area contributed by atoms with Gasteiger partial charge in [0.15, 0.2) is 5.17 Å². The number of hydrogen-bond acceptors (Lipinski definition) is 5. The second kappa shape index (κ2) is 5.85. The summed E-state index contributed by atoms with van der Waals surface area (Å²) in [5.74, 6) is -0.315. The first-order valence-electron chi connectivity index (χ1n) is 6.34. The van der Waals surface area contributed by atoms with Crippen molar-refractivity contribution in [3.8, 4) is 0 Å². The maximum absolute atomic E-state index is 11.1. The van der Waals surface area contributed by atoms with Gasteiger partial charge in [0.05, 0.1) is 17.1 Å². The van der Waals surface area contributed by atoms with E-state index in [0.29, 0.717) is 5.17 Å². The molecule has 0 aromatic rings. The Hall–Kier alpha value is -0.525. The highest BCUT2D eigenvalue weighted by molar-refractivity contribution is 8.13. The summed E-state index contributed by atoms with van der Waals surface area (Å²) in [7, 11) is -0.402. The van der Waals surface area contributed by atoms with E-state index in [1.165, 1.54) is 18.7 Å². The van der Waals surface area contributed by atoms with Crippen LogP contribution in [0.1, 0.15) is 41.5 Å². The molecular weight excluding hydrogens is 263 g/mol. The van der Waals surface area contributed by atoms with Gasteiger partial charge in [0.25, 0.3) is 0 Å². The number of amides is 1. The van der Waals surface area contributed by atoms with Gasteiger partial charge in [-0.1, -0.05) is 11.8 Å². The first kappa shape index (κ1) is 16.5. The fourth-order valence-corrected chi connectivity index (χ4v) is 2.14. The third-order valence-electron chi connectivity index (χ3n) is 3.46. The Morgan fingerprint density at radius 1 is 1.26 bits per heavy atom. The SMILES string of the molecule is CS/C(=N\C(C)B1OC(C)(C)C(C)(C)O1)NC(C)=O. The number of carbonyl (C=O) groups is 1. The van der Waals surface area contributed by atoms with Crippen molar-refractivity contribution in [2.75, 3.05) is 6.26 Å². The third-order valence-corrected chi connectivity index (χ3v) is 4.06. The van der Waals surface area contributed by atoms with E-state index in [4.69, 9.17) is 9.31 Å². The lowest BCUT2D eigenvalue weighted by atomic mass is 9.80. The van der Waals surface area contributed by atoms with Crippen LogP contribution in [0.2, 0.25) is 0 Å². The lowest BCUT2D eigenvalue weighted by molar-refractivity contribution is -0.117. The Balaban J connectivity index is 2.77. The van der Waals surface area contributed by atoms with E-state index in [1.807, 2.05) is 40.9 Å². The molecule has 0 aromatic heterocycles. The predicted molar refractivity (Wildman–Crippen MR) is 80.3 cm³/mol. The van der Waals surface area contributed by atoms with Crippen LogP contribution in [0.3, 0.4) is 0 Å². The van der Waals surface area contributed by atoms with Gasteiger partial charge in [-0.25, -0.2) is 0 Å². The number of nitrogens with one attached hydrogen (secondary N) is 1. The van der Waals surface area contributed by atoms with Crippen molar-refractivity contribution in [2.45, 2.75) is 58.7 Å². The average molecular weight is 286 g/mol. The van der Waals surface area contributed by atoms with E-state index >= 15 is 0 Å². The fraction of sp³-hybridized carbons (Fsp3) is 0.833. The molecule has 1 fully saturated rings. The second-order valence-electron chi connectivity index (χ2n) is 5.68. The molecular formula is C12H23BN2O3S. The quantitative estimate of drug-likeness (QED) is 0.478. The molecule has 1 heterocycles. The van der Waals surface area contributed by atoms with Crippen LogP contribution in [-0.2, 0) is 14.1 Å². The number of amidine groups is 1. The first-order chi connectivity index (χ1) is 8.59. The van der Waals surface area contributed by atoms with Gasteiger partial charge in [0.1, 0.15) is 0 Å². The number of hydrogen-bond donors (Lipinski definition) is 1. The highest BCUT2D eigenvalue weighted by Gasteiger charge is 2.53. The van der Waals surface area contributed by atoms with E-state index in [9.17, 15) is 4.79 Å². The summed E-state index contributed by atoms with van der Waals surface area (Å²) in [4.78, 5) is 15.5. The zero-order valence-corrected chi connectivity index (χ0v) is 13.6. The minimum atomic E-state index is -0.402. The van der Waals surface area contributed by atoms with Crippen LogP contribution in [0.5, 0.6) is 0 Å². The number of carbonyl (C=O) groups excluding carboxylic acids is 1. The molecule has 1 aliphatic heterocycles. The monoisotopic (exact) mass is 286 g/mol. The summed E-state index contributed by atoms with van der Waals surface area (Å²) < 4.78 is 11.8. The van der Waals surface area contributed by atoms with E-state index in [-0.39, 0.29) is 23.1 Å². The Kier molecular flexibility index (Phi) is 5.09. The first-order valence-corrected chi connectivity index (χ1v) is 7.56. The Morgan fingerprint density at radius 2 is 1.74 bits per heavy atom. The van der Waals surface area contributed by atoms with Gasteiger partial charge in [0, 0.05) is 6.92 Å². The van der Waals surface area contributed by atoms with E-state index < -0.39 is 7.12 Å². The molecule has 1 atom stereocenters. The molecule has 1 unspecified atom stereocenters. The number of aliphatic imine (C=N–C) groups is 1. The predicted octanol–water partition coefficient (Wildman–Crippen LogP) is 1.86. The van der Waals surface area contributed by atoms with Crippen LogP contribution in [0, 0.1) is 0 Å². The van der Waals surface area contributed by atoms with Crippen molar-refractivity contribution in [3.63, 3.8) is 0 Å². The van der Waals surface area contributed by atoms with Crippen LogP contribution >= 0.6 is 11.8 Å². The van der Waals surface area contributed by atoms with Crippen molar-refractivity contribution < 1.29 is 14.1 Å². The lowest BCUT2D eigenvalue weighted by Crippen LogP contribution is -2.41. The molecule has 19 heavy (non-hydrogen) atoms. The van der Waals surface area contributed by atoms with E-state index in [1.54, 1.807) is 0 Å². The maximum atomic E-state index is 11.1. The summed E-state index contributed by atoms with van der Waals surface area (Å²) in [5, 5.41) is 3.27. The third kappa shape index (κ3) is 3.97. The molecule has 7 heteroatoms. The van der Waals surface area contributed by atoms with Crippen molar-refractivity contribution in [1.82, 2.24) is 5.32 Å². The molecule has 1 aliphatic rings. The molecule has 0 aliphatic carbocycles. The average Bonchev–Trinajstić information content (AvgIpc) is 2.46. The molecule has 5 nitrogen and oxygen atoms in total. The molecule has 1 amide bonds. The van der Waals surface area contributed by atoms with Crippen LogP contribution in [0.15, 0.2) is 4.99 Å². The van der Waals surface area contributed by atoms with E-state index in [0.717, 1.165) is 0 Å². The minimum absolute atomic E-state index is 0.130. The molecule has 0 spiro atoms. The molecule has 0 saturated carbocycles. The zero-order chi connectivity index (χ0) is 14.8. The highest BCUT2D eigenvalue weighted by atomic mass is 32.2. The van der Waals surface area contributed by atoms with Gasteiger partial charge in [-0.05, 0) is 40.9 Å². The number of nitrogens with zero attached hydrogens (tertiary/aromatic N) is 1. The molecule has 0 bridgehead atoms. The fourth-order valence-electron chi connectivity index (χ4n) is 1.62. The highest BCUT2D eigenvalue weighted by Crippen LogP contribution is 2.37. The van der Waals surface area contributed by atoms with Gasteiger partial charge in [-0.2, -0.15) is 0 Å². The minimum Gasteiger partial charge on any atom is -0.402 e. The molecule has 0 radical (unpaired) electrons. The summed E-state index contributed by atoms with van der Waals surface area (Å²) in [6.45, 7) is 11.4. The number of thioether (sulfide) groups is 1. The van der Waals surface area contributed by atoms with Crippen molar-refractivity contribution >= 4 is 30.0 Å². The standard InChI is InChI=1S/C12H23BN2O3S/c1-8(14-10(19-7)15-9(2)16)13-17-11(3,4)12(5,6)18-13/h8H,1-7H3,(H,14,15,16). The largest absolute Gasteiger partial charge is 0.484 e. The van der Waals surface area contributed by atoms with Gasteiger partial charge in [0.2, 0.25) is 5.91 Å². The molecule has 1 saturated heterocycles. The summed E-state index contributed by atoms with van der Waals surface area (Å²) in [6.07, 6.45) is 1.87. The zero-order valence-electron chi connectivity index (χ0n) is 12.7. The van der Waals surface area contributed by atoms with Crippen molar-refractivity contribution in [1.29, 1.82) is 0 Å². The lowest BCUT2D eigenvalue weighted by Gasteiger charge is -2.32. The van der Waals surface area contributed by atoms with Crippen LogP contribution < -0.4 is 5.32 Å². The van der Waals surface area contributed by atoms with Crippen LogP contribution in [-0.4, -0.2) is 41.6 Å². The topological polar surface area (TPSA) is 59.9 Å². The smallest absolute Gasteiger partial charge is 0.402 e. The second-order valence-corrected chi connectivity index (χ2v) is 6.48. The molecule has 108 valence electrons. The number of rotatable bonds is 2. The summed E-state index contributed by atoms with van der Waals surface area (Å²) in [5.41, 5.74) is -0.732. The van der Waals surface area contributed by atoms with E-state index in [2.05, 4.69) is 10.3 Å². The molecule has 0 aromatic carbocycles. The summed E-state index contributed by atoms with van der Waals surface area (Å²) in [6, 6.07) is 0. The van der Waals surface area contributed by atoms with Crippen molar-refractivity contribution in [2.24, 2.45) is 4.99 Å². The van der Waals surface area contributed by atoms with Crippen LogP contribution in [0.4, 0.5) is 0 Å². The molecule has 1 rings (SSSR count). The molecule has 1 N–H and O–H groups in total. The maximum Gasteiger partial charge on any atom is 0.484 e. The Bertz CT molecular complexity index is 369. The van der Waals surface area contributed by atoms with Gasteiger partial charge in [-0.3, -0.25) is 9.79 Å². The Labute approximate surface area is 120 Å². The van der Waals surface area contributed by atoms with Gasteiger partial charge >= 0.3 is 7.12 Å². The summed E-state index contributed by atoms with van der Waals surface area (Å²) >= 11 is 1.39. The van der Waals surface area contributed by atoms with Crippen molar-refractivity contribution in [3.05, 3.63) is 0 Å². The van der Waals surface area contributed by atoms with Gasteiger partial charge in [-0.15, -0.1) is 0 Å². The van der Waals surface area contributed by atoms with Gasteiger partial charge < -0.3 is 14.6 Å². The normalized spacial score (nSPS) is 23.3. The van der Waals surface area contributed by atoms with Crippen LogP contribution in [0.25, 0.3) is 0 Å².